The van der Waals surface area contributed by atoms with Crippen molar-refractivity contribution in [2.24, 2.45) is 10.2 Å². The van der Waals surface area contributed by atoms with Crippen molar-refractivity contribution in [3.63, 3.8) is 0 Å². The second kappa shape index (κ2) is 5.95. The molecule has 0 aliphatic heterocycles. The SMILES string of the molecule is CCn1c(N=Nc2cc(C)ccc2C)nc2cc(C)c(C)cc21. The third kappa shape index (κ3) is 2.89. The first-order valence-corrected chi connectivity index (χ1v) is 7.96. The molecule has 0 saturated heterocycles. The van der Waals surface area contributed by atoms with E-state index in [0.29, 0.717) is 5.95 Å². The maximum atomic E-state index is 4.66. The molecule has 0 atom stereocenters. The Morgan fingerprint density at radius 1 is 0.913 bits per heavy atom. The summed E-state index contributed by atoms with van der Waals surface area (Å²) in [6, 6.07) is 10.5. The lowest BCUT2D eigenvalue weighted by Crippen LogP contribution is -1.93. The Morgan fingerprint density at radius 3 is 2.39 bits per heavy atom. The van der Waals surface area contributed by atoms with Crippen LogP contribution in [0.1, 0.15) is 29.2 Å². The van der Waals surface area contributed by atoms with E-state index < -0.39 is 0 Å². The molecular weight excluding hydrogens is 284 g/mol. The minimum absolute atomic E-state index is 0.661. The van der Waals surface area contributed by atoms with Crippen LogP contribution in [0.2, 0.25) is 0 Å². The van der Waals surface area contributed by atoms with E-state index in [1.54, 1.807) is 0 Å². The van der Waals surface area contributed by atoms with Crippen LogP contribution in [0.25, 0.3) is 11.0 Å². The lowest BCUT2D eigenvalue weighted by molar-refractivity contribution is 0.781. The number of azo groups is 1. The molecule has 1 heterocycles. The van der Waals surface area contributed by atoms with E-state index in [1.807, 2.05) is 13.0 Å². The average molecular weight is 306 g/mol. The maximum absolute atomic E-state index is 4.66. The van der Waals surface area contributed by atoms with Gasteiger partial charge in [-0.15, -0.1) is 10.2 Å². The molecule has 1 aromatic heterocycles. The second-order valence-corrected chi connectivity index (χ2v) is 6.07. The van der Waals surface area contributed by atoms with Crippen LogP contribution < -0.4 is 0 Å². The Balaban J connectivity index is 2.09. The van der Waals surface area contributed by atoms with Crippen molar-refractivity contribution in [2.75, 3.05) is 0 Å². The molecule has 0 amide bonds. The van der Waals surface area contributed by atoms with Crippen LogP contribution >= 0.6 is 0 Å². The summed E-state index contributed by atoms with van der Waals surface area (Å²) in [4.78, 5) is 4.66. The quantitative estimate of drug-likeness (QED) is 0.572. The lowest BCUT2D eigenvalue weighted by Gasteiger charge is -2.04. The van der Waals surface area contributed by atoms with Crippen molar-refractivity contribution < 1.29 is 0 Å². The lowest BCUT2D eigenvalue weighted by atomic mass is 10.1. The van der Waals surface area contributed by atoms with Crippen LogP contribution in [-0.2, 0) is 6.54 Å². The fraction of sp³-hybridized carbons (Fsp3) is 0.316. The number of rotatable bonds is 3. The Kier molecular flexibility index (Phi) is 3.99. The molecule has 4 heteroatoms. The molecule has 2 aromatic carbocycles. The number of aryl methyl sites for hydroxylation is 5. The van der Waals surface area contributed by atoms with Crippen molar-refractivity contribution in [1.82, 2.24) is 9.55 Å². The van der Waals surface area contributed by atoms with E-state index in [9.17, 15) is 0 Å². The normalized spacial score (nSPS) is 11.7. The monoisotopic (exact) mass is 306 g/mol. The first-order chi connectivity index (χ1) is 11.0. The Morgan fingerprint density at radius 2 is 1.65 bits per heavy atom. The van der Waals surface area contributed by atoms with Gasteiger partial charge in [-0.25, -0.2) is 4.98 Å². The van der Waals surface area contributed by atoms with Crippen LogP contribution in [0, 0.1) is 27.7 Å². The molecule has 0 N–H and O–H groups in total. The third-order valence-corrected chi connectivity index (χ3v) is 4.27. The number of benzene rings is 2. The molecule has 23 heavy (non-hydrogen) atoms. The number of nitrogens with zero attached hydrogens (tertiary/aromatic N) is 4. The van der Waals surface area contributed by atoms with E-state index >= 15 is 0 Å². The molecule has 0 aliphatic carbocycles. The van der Waals surface area contributed by atoms with Gasteiger partial charge in [0.25, 0.3) is 0 Å². The first kappa shape index (κ1) is 15.4. The highest BCUT2D eigenvalue weighted by atomic mass is 15.3. The number of fused-ring (bicyclic) bond motifs is 1. The molecular formula is C19H22N4. The molecule has 3 aromatic rings. The van der Waals surface area contributed by atoms with E-state index in [2.05, 4.69) is 71.7 Å². The minimum atomic E-state index is 0.661. The fourth-order valence-corrected chi connectivity index (χ4v) is 2.68. The molecule has 118 valence electrons. The molecule has 0 spiro atoms. The van der Waals surface area contributed by atoms with Crippen LogP contribution in [-0.4, -0.2) is 9.55 Å². The number of hydrogen-bond donors (Lipinski definition) is 0. The predicted molar refractivity (Wildman–Crippen MR) is 95.0 cm³/mol. The molecule has 0 saturated carbocycles. The van der Waals surface area contributed by atoms with Crippen LogP contribution in [0.3, 0.4) is 0 Å². The highest BCUT2D eigenvalue weighted by molar-refractivity contribution is 5.80. The third-order valence-electron chi connectivity index (χ3n) is 4.27. The summed E-state index contributed by atoms with van der Waals surface area (Å²) in [6.07, 6.45) is 0. The summed E-state index contributed by atoms with van der Waals surface area (Å²) < 4.78 is 2.11. The van der Waals surface area contributed by atoms with E-state index in [-0.39, 0.29) is 0 Å². The molecule has 4 nitrogen and oxygen atoms in total. The van der Waals surface area contributed by atoms with Gasteiger partial charge < -0.3 is 4.57 Å². The van der Waals surface area contributed by atoms with E-state index in [0.717, 1.165) is 28.8 Å². The van der Waals surface area contributed by atoms with Crippen LogP contribution in [0.4, 0.5) is 11.6 Å². The maximum Gasteiger partial charge on any atom is 0.250 e. The summed E-state index contributed by atoms with van der Waals surface area (Å²) in [7, 11) is 0. The van der Waals surface area contributed by atoms with Crippen molar-refractivity contribution in [3.8, 4) is 0 Å². The summed E-state index contributed by atoms with van der Waals surface area (Å²) in [6.45, 7) is 11.3. The topological polar surface area (TPSA) is 42.5 Å². The minimum Gasteiger partial charge on any atom is -0.307 e. The van der Waals surface area contributed by atoms with E-state index in [1.165, 1.54) is 16.7 Å². The second-order valence-electron chi connectivity index (χ2n) is 6.07. The van der Waals surface area contributed by atoms with E-state index in [4.69, 9.17) is 0 Å². The predicted octanol–water partition coefficient (Wildman–Crippen LogP) is 5.71. The number of aromatic nitrogens is 2. The number of hydrogen-bond acceptors (Lipinski definition) is 3. The highest BCUT2D eigenvalue weighted by Gasteiger charge is 2.10. The Bertz CT molecular complexity index is 903. The Hall–Kier alpha value is -2.49. The zero-order valence-electron chi connectivity index (χ0n) is 14.4. The van der Waals surface area contributed by atoms with Crippen molar-refractivity contribution in [2.45, 2.75) is 41.2 Å². The van der Waals surface area contributed by atoms with Gasteiger partial charge in [0.1, 0.15) is 0 Å². The van der Waals surface area contributed by atoms with Crippen molar-refractivity contribution >= 4 is 22.7 Å². The number of imidazole rings is 1. The largest absolute Gasteiger partial charge is 0.307 e. The van der Waals surface area contributed by atoms with Gasteiger partial charge in [0, 0.05) is 6.54 Å². The molecule has 0 fully saturated rings. The average Bonchev–Trinajstić information content (AvgIpc) is 2.85. The molecule has 0 aliphatic rings. The zero-order chi connectivity index (χ0) is 16.6. The molecule has 0 unspecified atom stereocenters. The van der Waals surface area contributed by atoms with Gasteiger partial charge >= 0.3 is 0 Å². The van der Waals surface area contributed by atoms with Gasteiger partial charge in [0.2, 0.25) is 5.95 Å². The molecule has 3 rings (SSSR count). The van der Waals surface area contributed by atoms with Gasteiger partial charge in [-0.2, -0.15) is 0 Å². The molecule has 0 bridgehead atoms. The van der Waals surface area contributed by atoms with Crippen LogP contribution in [0.15, 0.2) is 40.6 Å². The van der Waals surface area contributed by atoms with Gasteiger partial charge in [0.15, 0.2) is 0 Å². The van der Waals surface area contributed by atoms with Gasteiger partial charge in [-0.3, -0.25) is 0 Å². The highest BCUT2D eigenvalue weighted by Crippen LogP contribution is 2.27. The Labute approximate surface area is 136 Å². The summed E-state index contributed by atoms with van der Waals surface area (Å²) in [5.74, 6) is 0.661. The zero-order valence-corrected chi connectivity index (χ0v) is 14.4. The summed E-state index contributed by atoms with van der Waals surface area (Å²) in [5, 5.41) is 8.85. The van der Waals surface area contributed by atoms with Crippen molar-refractivity contribution in [3.05, 3.63) is 52.6 Å². The summed E-state index contributed by atoms with van der Waals surface area (Å²) in [5.41, 5.74) is 7.80. The van der Waals surface area contributed by atoms with Gasteiger partial charge in [-0.1, -0.05) is 12.1 Å². The first-order valence-electron chi connectivity index (χ1n) is 7.96. The van der Waals surface area contributed by atoms with Gasteiger partial charge in [0.05, 0.1) is 16.7 Å². The fourth-order valence-electron chi connectivity index (χ4n) is 2.68. The van der Waals surface area contributed by atoms with Gasteiger partial charge in [-0.05, 0) is 75.1 Å². The summed E-state index contributed by atoms with van der Waals surface area (Å²) >= 11 is 0. The smallest absolute Gasteiger partial charge is 0.250 e. The van der Waals surface area contributed by atoms with Crippen LogP contribution in [0.5, 0.6) is 0 Å². The standard InChI is InChI=1S/C19H22N4/c1-6-23-18-11-15(5)14(4)10-17(18)20-19(23)22-21-16-9-12(2)7-8-13(16)3/h7-11H,6H2,1-5H3. The molecule has 0 radical (unpaired) electrons. The van der Waals surface area contributed by atoms with Crippen molar-refractivity contribution in [1.29, 1.82) is 0 Å².